The number of nitrogens with zero attached hydrogens (tertiary/aromatic N) is 1. The lowest BCUT2D eigenvalue weighted by Crippen LogP contribution is -2.38. The van der Waals surface area contributed by atoms with Crippen molar-refractivity contribution in [1.82, 2.24) is 9.62 Å². The van der Waals surface area contributed by atoms with Gasteiger partial charge in [0.15, 0.2) is 0 Å². The first-order chi connectivity index (χ1) is 11.8. The van der Waals surface area contributed by atoms with Crippen molar-refractivity contribution < 1.29 is 22.7 Å². The molecule has 1 aliphatic rings. The van der Waals surface area contributed by atoms with Crippen molar-refractivity contribution in [2.45, 2.75) is 24.7 Å². The van der Waals surface area contributed by atoms with E-state index in [4.69, 9.17) is 4.74 Å². The van der Waals surface area contributed by atoms with Crippen LogP contribution < -0.4 is 10.0 Å². The van der Waals surface area contributed by atoms with Gasteiger partial charge in [0.1, 0.15) is 0 Å². The molecule has 0 radical (unpaired) electrons. The van der Waals surface area contributed by atoms with Crippen LogP contribution in [-0.2, 0) is 30.8 Å². The largest absolute Gasteiger partial charge is 0.385 e. The molecule has 2 amide bonds. The number of methoxy groups -OCH3 is 1. The van der Waals surface area contributed by atoms with Gasteiger partial charge in [0.25, 0.3) is 0 Å². The lowest BCUT2D eigenvalue weighted by atomic mass is 10.2. The van der Waals surface area contributed by atoms with E-state index in [-0.39, 0.29) is 36.2 Å². The zero-order valence-corrected chi connectivity index (χ0v) is 15.2. The van der Waals surface area contributed by atoms with Crippen LogP contribution in [0.3, 0.4) is 0 Å². The van der Waals surface area contributed by atoms with E-state index in [1.807, 2.05) is 0 Å². The zero-order valence-electron chi connectivity index (χ0n) is 14.4. The van der Waals surface area contributed by atoms with E-state index >= 15 is 0 Å². The molecule has 0 unspecified atom stereocenters. The van der Waals surface area contributed by atoms with Crippen LogP contribution in [0.25, 0.3) is 0 Å². The maximum atomic E-state index is 12.4. The Morgan fingerprint density at radius 3 is 2.80 bits per heavy atom. The minimum atomic E-state index is -3.70. The highest BCUT2D eigenvalue weighted by molar-refractivity contribution is 7.89. The summed E-state index contributed by atoms with van der Waals surface area (Å²) < 4.78 is 32.2. The van der Waals surface area contributed by atoms with E-state index in [0.29, 0.717) is 30.8 Å². The molecular weight excluding hydrogens is 346 g/mol. The molecular formula is C16H23N3O5S. The van der Waals surface area contributed by atoms with Crippen LogP contribution in [0, 0.1) is 0 Å². The summed E-state index contributed by atoms with van der Waals surface area (Å²) in [7, 11) is -2.11. The number of fused-ring (bicyclic) bond motifs is 1. The number of nitrogens with one attached hydrogen (secondary N) is 2. The number of amides is 2. The van der Waals surface area contributed by atoms with E-state index in [0.717, 1.165) is 0 Å². The monoisotopic (exact) mass is 369 g/mol. The first kappa shape index (κ1) is 19.4. The third kappa shape index (κ3) is 5.25. The van der Waals surface area contributed by atoms with Gasteiger partial charge < -0.3 is 15.0 Å². The van der Waals surface area contributed by atoms with Crippen molar-refractivity contribution in [3.8, 4) is 0 Å². The molecule has 1 aromatic carbocycles. The van der Waals surface area contributed by atoms with Crippen LogP contribution in [0.2, 0.25) is 0 Å². The van der Waals surface area contributed by atoms with Gasteiger partial charge >= 0.3 is 0 Å². The average Bonchev–Trinajstić information content (AvgIpc) is 2.92. The van der Waals surface area contributed by atoms with Gasteiger partial charge in [0.05, 0.1) is 11.3 Å². The molecule has 0 bridgehead atoms. The van der Waals surface area contributed by atoms with Gasteiger partial charge in [-0.1, -0.05) is 0 Å². The lowest BCUT2D eigenvalue weighted by molar-refractivity contribution is -0.129. The van der Waals surface area contributed by atoms with E-state index in [9.17, 15) is 18.0 Å². The molecule has 0 aromatic heterocycles. The smallest absolute Gasteiger partial charge is 0.240 e. The normalized spacial score (nSPS) is 13.4. The van der Waals surface area contributed by atoms with Gasteiger partial charge in [-0.3, -0.25) is 9.59 Å². The molecule has 2 rings (SSSR count). The van der Waals surface area contributed by atoms with Crippen LogP contribution in [0.1, 0.15) is 18.9 Å². The number of sulfonamides is 1. The van der Waals surface area contributed by atoms with E-state index < -0.39 is 10.0 Å². The number of rotatable bonds is 9. The Labute approximate surface area is 147 Å². The summed E-state index contributed by atoms with van der Waals surface area (Å²) in [6.07, 6.45) is 0.866. The predicted octanol–water partition coefficient (Wildman–Crippen LogP) is 0.345. The molecule has 138 valence electrons. The summed E-state index contributed by atoms with van der Waals surface area (Å²) in [4.78, 5) is 24.6. The highest BCUT2D eigenvalue weighted by Crippen LogP contribution is 2.25. The van der Waals surface area contributed by atoms with E-state index in [1.54, 1.807) is 18.1 Å². The molecule has 1 heterocycles. The SMILES string of the molecule is COCCCN(CCNS(=O)(=O)c1ccc2c(c1)CC(=O)N2)C(C)=O. The van der Waals surface area contributed by atoms with Gasteiger partial charge in [-0.05, 0) is 30.2 Å². The quantitative estimate of drug-likeness (QED) is 0.611. The van der Waals surface area contributed by atoms with Crippen molar-refractivity contribution in [3.05, 3.63) is 23.8 Å². The van der Waals surface area contributed by atoms with Crippen LogP contribution in [-0.4, -0.2) is 58.5 Å². The molecule has 2 N–H and O–H groups in total. The molecule has 0 saturated carbocycles. The Hall–Kier alpha value is -1.97. The fraction of sp³-hybridized carbons (Fsp3) is 0.500. The minimum Gasteiger partial charge on any atom is -0.385 e. The summed E-state index contributed by atoms with van der Waals surface area (Å²) in [5, 5.41) is 2.66. The maximum Gasteiger partial charge on any atom is 0.240 e. The van der Waals surface area contributed by atoms with Crippen LogP contribution in [0.5, 0.6) is 0 Å². The Bertz CT molecular complexity index is 748. The van der Waals surface area contributed by atoms with Crippen molar-refractivity contribution in [3.63, 3.8) is 0 Å². The van der Waals surface area contributed by atoms with E-state index in [2.05, 4.69) is 10.0 Å². The molecule has 0 atom stereocenters. The molecule has 0 fully saturated rings. The average molecular weight is 369 g/mol. The number of benzene rings is 1. The Morgan fingerprint density at radius 2 is 2.12 bits per heavy atom. The second-order valence-electron chi connectivity index (χ2n) is 5.79. The van der Waals surface area contributed by atoms with Crippen LogP contribution in [0.4, 0.5) is 5.69 Å². The lowest BCUT2D eigenvalue weighted by Gasteiger charge is -2.21. The summed E-state index contributed by atoms with van der Waals surface area (Å²) >= 11 is 0. The van der Waals surface area contributed by atoms with Gasteiger partial charge in [-0.25, -0.2) is 13.1 Å². The number of hydrogen-bond donors (Lipinski definition) is 2. The van der Waals surface area contributed by atoms with Crippen molar-refractivity contribution in [2.75, 3.05) is 38.7 Å². The van der Waals surface area contributed by atoms with Crippen molar-refractivity contribution in [2.24, 2.45) is 0 Å². The van der Waals surface area contributed by atoms with Gasteiger partial charge in [-0.2, -0.15) is 0 Å². The number of anilines is 1. The third-order valence-electron chi connectivity index (χ3n) is 3.91. The minimum absolute atomic E-state index is 0.108. The van der Waals surface area contributed by atoms with E-state index in [1.165, 1.54) is 19.1 Å². The molecule has 1 aliphatic heterocycles. The highest BCUT2D eigenvalue weighted by atomic mass is 32.2. The standard InChI is InChI=1S/C16H23N3O5S/c1-12(20)19(7-3-9-24-2)8-6-17-25(22,23)14-4-5-15-13(10-14)11-16(21)18-15/h4-5,10,17H,3,6-9,11H2,1-2H3,(H,18,21). The number of carbonyl (C=O) groups excluding carboxylic acids is 2. The Morgan fingerprint density at radius 1 is 1.36 bits per heavy atom. The fourth-order valence-corrected chi connectivity index (χ4v) is 3.67. The highest BCUT2D eigenvalue weighted by Gasteiger charge is 2.21. The number of carbonyl (C=O) groups is 2. The number of ether oxygens (including phenoxy) is 1. The van der Waals surface area contributed by atoms with Crippen molar-refractivity contribution >= 4 is 27.5 Å². The molecule has 0 saturated heterocycles. The molecule has 0 spiro atoms. The molecule has 8 nitrogen and oxygen atoms in total. The van der Waals surface area contributed by atoms with Gasteiger partial charge in [0.2, 0.25) is 21.8 Å². The first-order valence-corrected chi connectivity index (χ1v) is 9.48. The summed E-state index contributed by atoms with van der Waals surface area (Å²) in [5.41, 5.74) is 1.31. The van der Waals surface area contributed by atoms with Gasteiger partial charge in [0, 0.05) is 46.0 Å². The topological polar surface area (TPSA) is 105 Å². The Kier molecular flexibility index (Phi) is 6.51. The maximum absolute atomic E-state index is 12.4. The summed E-state index contributed by atoms with van der Waals surface area (Å²) in [6, 6.07) is 4.53. The second-order valence-corrected chi connectivity index (χ2v) is 7.56. The molecule has 1 aromatic rings. The molecule has 9 heteroatoms. The van der Waals surface area contributed by atoms with Gasteiger partial charge in [-0.15, -0.1) is 0 Å². The second kappa shape index (κ2) is 8.41. The van der Waals surface area contributed by atoms with Crippen LogP contribution in [0.15, 0.2) is 23.1 Å². The number of hydrogen-bond acceptors (Lipinski definition) is 5. The summed E-state index contributed by atoms with van der Waals surface area (Å²) in [5.74, 6) is -0.261. The Balaban J connectivity index is 1.94. The predicted molar refractivity (Wildman–Crippen MR) is 92.7 cm³/mol. The fourth-order valence-electron chi connectivity index (χ4n) is 2.60. The molecule has 25 heavy (non-hydrogen) atoms. The molecule has 0 aliphatic carbocycles. The van der Waals surface area contributed by atoms with Crippen molar-refractivity contribution in [1.29, 1.82) is 0 Å². The zero-order chi connectivity index (χ0) is 18.4. The summed E-state index contributed by atoms with van der Waals surface area (Å²) in [6.45, 7) is 2.90. The third-order valence-corrected chi connectivity index (χ3v) is 5.37. The van der Waals surface area contributed by atoms with Crippen LogP contribution >= 0.6 is 0 Å². The first-order valence-electron chi connectivity index (χ1n) is 8.00.